The van der Waals surface area contributed by atoms with Gasteiger partial charge in [0.25, 0.3) is 0 Å². The molecule has 1 aromatic carbocycles. The lowest BCUT2D eigenvalue weighted by Gasteiger charge is -2.09. The first kappa shape index (κ1) is 12.9. The molecule has 0 aromatic heterocycles. The van der Waals surface area contributed by atoms with Crippen molar-refractivity contribution in [1.29, 1.82) is 0 Å². The molecule has 0 heterocycles. The van der Waals surface area contributed by atoms with E-state index in [1.165, 1.54) is 24.0 Å². The van der Waals surface area contributed by atoms with Gasteiger partial charge in [-0.05, 0) is 42.5 Å². The Bertz CT molecular complexity index is 418. The number of carbonyl (C=O) groups excluding carboxylic acids is 1. The van der Waals surface area contributed by atoms with E-state index < -0.39 is 0 Å². The summed E-state index contributed by atoms with van der Waals surface area (Å²) in [4.78, 5) is 11.2. The largest absolute Gasteiger partial charge is 0.492 e. The predicted molar refractivity (Wildman–Crippen MR) is 70.6 cm³/mol. The Kier molecular flexibility index (Phi) is 4.59. The van der Waals surface area contributed by atoms with Crippen molar-refractivity contribution < 1.29 is 9.53 Å². The molecule has 0 atom stereocenters. The van der Waals surface area contributed by atoms with Crippen molar-refractivity contribution in [2.75, 3.05) is 19.7 Å². The fourth-order valence-electron chi connectivity index (χ4n) is 2.22. The summed E-state index contributed by atoms with van der Waals surface area (Å²) in [6, 6.07) is 6.26. The molecular formula is C14H20N2O2. The van der Waals surface area contributed by atoms with E-state index >= 15 is 0 Å². The Morgan fingerprint density at radius 3 is 3.00 bits per heavy atom. The lowest BCUT2D eigenvalue weighted by atomic mass is 10.1. The summed E-state index contributed by atoms with van der Waals surface area (Å²) in [6.45, 7) is 1.41. The molecule has 0 radical (unpaired) electrons. The van der Waals surface area contributed by atoms with E-state index in [0.29, 0.717) is 26.1 Å². The molecule has 0 aliphatic heterocycles. The highest BCUT2D eigenvalue weighted by Crippen LogP contribution is 2.25. The monoisotopic (exact) mass is 248 g/mol. The van der Waals surface area contributed by atoms with Gasteiger partial charge < -0.3 is 15.8 Å². The summed E-state index contributed by atoms with van der Waals surface area (Å²) in [7, 11) is 0. The molecule has 0 fully saturated rings. The van der Waals surface area contributed by atoms with Gasteiger partial charge in [0, 0.05) is 13.0 Å². The third-order valence-electron chi connectivity index (χ3n) is 3.13. The van der Waals surface area contributed by atoms with Crippen LogP contribution in [0.25, 0.3) is 0 Å². The van der Waals surface area contributed by atoms with Gasteiger partial charge in [-0.2, -0.15) is 0 Å². The molecule has 1 amide bonds. The van der Waals surface area contributed by atoms with Gasteiger partial charge in [0.05, 0.1) is 6.54 Å². The Balaban J connectivity index is 1.72. The molecular weight excluding hydrogens is 228 g/mol. The zero-order chi connectivity index (χ0) is 12.8. The summed E-state index contributed by atoms with van der Waals surface area (Å²) in [5, 5.41) is 2.76. The fourth-order valence-corrected chi connectivity index (χ4v) is 2.22. The van der Waals surface area contributed by atoms with Gasteiger partial charge in [-0.3, -0.25) is 4.79 Å². The van der Waals surface area contributed by atoms with Crippen LogP contribution in [0.15, 0.2) is 18.2 Å². The van der Waals surface area contributed by atoms with E-state index in [1.807, 2.05) is 6.07 Å². The first-order valence-electron chi connectivity index (χ1n) is 6.51. The minimum absolute atomic E-state index is 0.0185. The average molecular weight is 248 g/mol. The van der Waals surface area contributed by atoms with E-state index in [-0.39, 0.29) is 5.91 Å². The Morgan fingerprint density at radius 2 is 2.17 bits per heavy atom. The third-order valence-corrected chi connectivity index (χ3v) is 3.13. The van der Waals surface area contributed by atoms with Gasteiger partial charge in [-0.25, -0.2) is 0 Å². The Labute approximate surface area is 108 Å². The fraction of sp³-hybridized carbons (Fsp3) is 0.500. The maximum Gasteiger partial charge on any atom is 0.221 e. The standard InChI is InChI=1S/C14H20N2O2/c15-7-6-14(17)16-8-9-18-13-5-4-11-2-1-3-12(11)10-13/h4-5,10H,1-3,6-9,15H2,(H,16,17). The van der Waals surface area contributed by atoms with E-state index in [4.69, 9.17) is 10.5 Å². The van der Waals surface area contributed by atoms with Crippen molar-refractivity contribution in [2.45, 2.75) is 25.7 Å². The lowest BCUT2D eigenvalue weighted by Crippen LogP contribution is -2.29. The molecule has 0 bridgehead atoms. The molecule has 3 N–H and O–H groups in total. The second-order valence-corrected chi connectivity index (χ2v) is 4.52. The Morgan fingerprint density at radius 1 is 1.33 bits per heavy atom. The highest BCUT2D eigenvalue weighted by atomic mass is 16.5. The predicted octanol–water partition coefficient (Wildman–Crippen LogP) is 1.02. The number of ether oxygens (including phenoxy) is 1. The van der Waals surface area contributed by atoms with Crippen molar-refractivity contribution in [3.63, 3.8) is 0 Å². The minimum atomic E-state index is -0.0185. The molecule has 0 saturated carbocycles. The van der Waals surface area contributed by atoms with Gasteiger partial charge in [-0.1, -0.05) is 6.07 Å². The molecule has 1 aromatic rings. The number of nitrogens with one attached hydrogen (secondary N) is 1. The van der Waals surface area contributed by atoms with Gasteiger partial charge in [0.1, 0.15) is 12.4 Å². The SMILES string of the molecule is NCCC(=O)NCCOc1ccc2c(c1)CCC2. The maximum absolute atomic E-state index is 11.2. The van der Waals surface area contributed by atoms with Crippen LogP contribution < -0.4 is 15.8 Å². The van der Waals surface area contributed by atoms with Crippen LogP contribution in [0.4, 0.5) is 0 Å². The van der Waals surface area contributed by atoms with Gasteiger partial charge in [0.2, 0.25) is 5.91 Å². The number of carbonyl (C=O) groups is 1. The van der Waals surface area contributed by atoms with Crippen molar-refractivity contribution in [3.8, 4) is 5.75 Å². The van der Waals surface area contributed by atoms with Crippen molar-refractivity contribution in [1.82, 2.24) is 5.32 Å². The number of fused-ring (bicyclic) bond motifs is 1. The molecule has 0 saturated heterocycles. The van der Waals surface area contributed by atoms with Crippen LogP contribution in [-0.2, 0) is 17.6 Å². The highest BCUT2D eigenvalue weighted by Gasteiger charge is 2.10. The molecule has 2 rings (SSSR count). The van der Waals surface area contributed by atoms with E-state index in [2.05, 4.69) is 17.4 Å². The Hall–Kier alpha value is -1.55. The molecule has 98 valence electrons. The lowest BCUT2D eigenvalue weighted by molar-refractivity contribution is -0.120. The van der Waals surface area contributed by atoms with E-state index in [0.717, 1.165) is 12.2 Å². The summed E-state index contributed by atoms with van der Waals surface area (Å²) in [6.07, 6.45) is 3.96. The first-order chi connectivity index (χ1) is 8.79. The highest BCUT2D eigenvalue weighted by molar-refractivity contribution is 5.75. The molecule has 4 nitrogen and oxygen atoms in total. The molecule has 0 unspecified atom stereocenters. The van der Waals surface area contributed by atoms with Gasteiger partial charge in [-0.15, -0.1) is 0 Å². The summed E-state index contributed by atoms with van der Waals surface area (Å²) < 4.78 is 5.61. The number of nitrogens with two attached hydrogens (primary N) is 1. The smallest absolute Gasteiger partial charge is 0.221 e. The number of rotatable bonds is 6. The number of benzene rings is 1. The van der Waals surface area contributed by atoms with Crippen LogP contribution in [-0.4, -0.2) is 25.6 Å². The van der Waals surface area contributed by atoms with Crippen molar-refractivity contribution in [2.24, 2.45) is 5.73 Å². The van der Waals surface area contributed by atoms with E-state index in [1.54, 1.807) is 0 Å². The molecule has 4 heteroatoms. The number of hydrogen-bond donors (Lipinski definition) is 2. The van der Waals surface area contributed by atoms with Crippen molar-refractivity contribution in [3.05, 3.63) is 29.3 Å². The minimum Gasteiger partial charge on any atom is -0.492 e. The first-order valence-corrected chi connectivity index (χ1v) is 6.51. The maximum atomic E-state index is 11.2. The average Bonchev–Trinajstić information content (AvgIpc) is 2.82. The summed E-state index contributed by atoms with van der Waals surface area (Å²) >= 11 is 0. The van der Waals surface area contributed by atoms with Crippen LogP contribution >= 0.6 is 0 Å². The topological polar surface area (TPSA) is 64.4 Å². The number of aryl methyl sites for hydroxylation is 2. The zero-order valence-electron chi connectivity index (χ0n) is 10.6. The van der Waals surface area contributed by atoms with E-state index in [9.17, 15) is 4.79 Å². The summed E-state index contributed by atoms with van der Waals surface area (Å²) in [5.74, 6) is 0.874. The normalized spacial score (nSPS) is 13.2. The van der Waals surface area contributed by atoms with Crippen LogP contribution in [0.1, 0.15) is 24.0 Å². The zero-order valence-corrected chi connectivity index (χ0v) is 10.6. The quantitative estimate of drug-likeness (QED) is 0.739. The molecule has 18 heavy (non-hydrogen) atoms. The molecule has 1 aliphatic carbocycles. The number of hydrogen-bond acceptors (Lipinski definition) is 3. The van der Waals surface area contributed by atoms with Crippen LogP contribution in [0.2, 0.25) is 0 Å². The summed E-state index contributed by atoms with van der Waals surface area (Å²) in [5.41, 5.74) is 8.13. The van der Waals surface area contributed by atoms with Crippen LogP contribution in [0.3, 0.4) is 0 Å². The van der Waals surface area contributed by atoms with Crippen LogP contribution in [0.5, 0.6) is 5.75 Å². The van der Waals surface area contributed by atoms with Gasteiger partial charge >= 0.3 is 0 Å². The number of amides is 1. The molecule has 1 aliphatic rings. The third kappa shape index (κ3) is 3.47. The second-order valence-electron chi connectivity index (χ2n) is 4.52. The van der Waals surface area contributed by atoms with Crippen molar-refractivity contribution >= 4 is 5.91 Å². The molecule has 0 spiro atoms. The van der Waals surface area contributed by atoms with Gasteiger partial charge in [0.15, 0.2) is 0 Å². The van der Waals surface area contributed by atoms with Crippen LogP contribution in [0, 0.1) is 0 Å². The second kappa shape index (κ2) is 6.40.